The summed E-state index contributed by atoms with van der Waals surface area (Å²) in [5, 5.41) is 1.67. The van der Waals surface area contributed by atoms with E-state index >= 15 is 0 Å². The van der Waals surface area contributed by atoms with Gasteiger partial charge in [-0.3, -0.25) is 4.79 Å². The predicted molar refractivity (Wildman–Crippen MR) is 66.5 cm³/mol. The van der Waals surface area contributed by atoms with E-state index in [9.17, 15) is 13.2 Å². The first-order valence-electron chi connectivity index (χ1n) is 5.62. The molecule has 0 unspecified atom stereocenters. The van der Waals surface area contributed by atoms with Crippen molar-refractivity contribution in [3.05, 3.63) is 28.7 Å². The second-order valence-corrected chi connectivity index (χ2v) is 5.93. The molecule has 0 saturated carbocycles. The number of nitrogens with zero attached hydrogens (tertiary/aromatic N) is 2. The fourth-order valence-corrected chi connectivity index (χ4v) is 2.77. The summed E-state index contributed by atoms with van der Waals surface area (Å²) < 4.78 is 24.0. The summed E-state index contributed by atoms with van der Waals surface area (Å²) in [5.74, 6) is 0. The Hall–Kier alpha value is -1.22. The third-order valence-electron chi connectivity index (χ3n) is 2.82. The standard InChI is InChI=1S/C10H16N4O3S/c1-13-4-6-14(7-5-13)12-18(16,17)9-2-3-10(15)11-8-9/h2-3,8,12H,4-7H2,1H3,(H,11,15). The molecule has 2 rings (SSSR count). The van der Waals surface area contributed by atoms with E-state index in [0.29, 0.717) is 13.1 Å². The Labute approximate surface area is 105 Å². The van der Waals surface area contributed by atoms with Gasteiger partial charge in [-0.2, -0.15) is 0 Å². The quantitative estimate of drug-likeness (QED) is 0.723. The number of rotatable bonds is 3. The lowest BCUT2D eigenvalue weighted by molar-refractivity contribution is 0.135. The number of pyridine rings is 1. The molecule has 1 aromatic rings. The molecular formula is C10H16N4O3S. The van der Waals surface area contributed by atoms with Crippen LogP contribution in [-0.2, 0) is 10.0 Å². The summed E-state index contributed by atoms with van der Waals surface area (Å²) in [6.45, 7) is 2.90. The van der Waals surface area contributed by atoms with Crippen LogP contribution in [-0.4, -0.2) is 56.5 Å². The number of hydrazine groups is 1. The Morgan fingerprint density at radius 1 is 1.22 bits per heavy atom. The van der Waals surface area contributed by atoms with Crippen molar-refractivity contribution in [1.82, 2.24) is 19.7 Å². The van der Waals surface area contributed by atoms with Gasteiger partial charge in [0.05, 0.1) is 4.90 Å². The van der Waals surface area contributed by atoms with Gasteiger partial charge in [0.25, 0.3) is 10.0 Å². The highest BCUT2D eigenvalue weighted by Gasteiger charge is 2.21. The zero-order valence-corrected chi connectivity index (χ0v) is 10.9. The number of sulfonamides is 1. The number of hydrogen-bond donors (Lipinski definition) is 2. The molecule has 0 aliphatic carbocycles. The van der Waals surface area contributed by atoms with Gasteiger partial charge in [0, 0.05) is 38.4 Å². The third-order valence-corrected chi connectivity index (χ3v) is 4.19. The molecule has 0 bridgehead atoms. The fraction of sp³-hybridized carbons (Fsp3) is 0.500. The van der Waals surface area contributed by atoms with Crippen molar-refractivity contribution in [1.29, 1.82) is 0 Å². The van der Waals surface area contributed by atoms with Gasteiger partial charge in [-0.05, 0) is 13.1 Å². The largest absolute Gasteiger partial charge is 0.328 e. The van der Waals surface area contributed by atoms with Gasteiger partial charge in [-0.25, -0.2) is 13.4 Å². The molecule has 1 fully saturated rings. The molecule has 8 heteroatoms. The highest BCUT2D eigenvalue weighted by atomic mass is 32.2. The Bertz CT molecular complexity index is 540. The molecule has 18 heavy (non-hydrogen) atoms. The minimum Gasteiger partial charge on any atom is -0.328 e. The van der Waals surface area contributed by atoms with Gasteiger partial charge >= 0.3 is 0 Å². The molecule has 1 aliphatic rings. The number of likely N-dealkylation sites (N-methyl/N-ethyl adjacent to an activating group) is 1. The molecule has 1 aliphatic heterocycles. The van der Waals surface area contributed by atoms with Crippen LogP contribution in [0.4, 0.5) is 0 Å². The van der Waals surface area contributed by atoms with Crippen LogP contribution in [0.15, 0.2) is 28.0 Å². The Morgan fingerprint density at radius 3 is 2.44 bits per heavy atom. The zero-order valence-electron chi connectivity index (χ0n) is 10.1. The van der Waals surface area contributed by atoms with E-state index in [2.05, 4.69) is 14.7 Å². The summed E-state index contributed by atoms with van der Waals surface area (Å²) in [5.41, 5.74) is -0.325. The van der Waals surface area contributed by atoms with Crippen molar-refractivity contribution < 1.29 is 8.42 Å². The van der Waals surface area contributed by atoms with Gasteiger partial charge in [-0.1, -0.05) is 0 Å². The summed E-state index contributed by atoms with van der Waals surface area (Å²) in [7, 11) is -1.61. The number of hydrogen-bond acceptors (Lipinski definition) is 5. The van der Waals surface area contributed by atoms with E-state index in [1.54, 1.807) is 5.01 Å². The lowest BCUT2D eigenvalue weighted by Crippen LogP contribution is -2.52. The van der Waals surface area contributed by atoms with Crippen LogP contribution in [0.1, 0.15) is 0 Å². The van der Waals surface area contributed by atoms with Crippen molar-refractivity contribution in [3.63, 3.8) is 0 Å². The lowest BCUT2D eigenvalue weighted by atomic mass is 10.4. The van der Waals surface area contributed by atoms with Gasteiger partial charge in [0.15, 0.2) is 0 Å². The summed E-state index contributed by atoms with van der Waals surface area (Å²) in [4.78, 5) is 17.9. The van der Waals surface area contributed by atoms with Gasteiger partial charge in [0.2, 0.25) is 5.56 Å². The molecule has 1 saturated heterocycles. The molecule has 0 amide bonds. The van der Waals surface area contributed by atoms with Crippen molar-refractivity contribution in [2.24, 2.45) is 0 Å². The summed E-state index contributed by atoms with van der Waals surface area (Å²) in [6.07, 6.45) is 1.20. The van der Waals surface area contributed by atoms with Crippen LogP contribution in [0.25, 0.3) is 0 Å². The normalized spacial score (nSPS) is 18.9. The highest BCUT2D eigenvalue weighted by molar-refractivity contribution is 7.89. The number of H-pyrrole nitrogens is 1. The Kier molecular flexibility index (Phi) is 3.81. The first-order valence-corrected chi connectivity index (χ1v) is 7.10. The van der Waals surface area contributed by atoms with Crippen LogP contribution >= 0.6 is 0 Å². The smallest absolute Gasteiger partial charge is 0.254 e. The second kappa shape index (κ2) is 5.19. The van der Waals surface area contributed by atoms with E-state index in [0.717, 1.165) is 13.1 Å². The maximum Gasteiger partial charge on any atom is 0.254 e. The minimum atomic E-state index is -3.61. The van der Waals surface area contributed by atoms with E-state index in [4.69, 9.17) is 0 Å². The van der Waals surface area contributed by atoms with Crippen LogP contribution in [0, 0.1) is 0 Å². The maximum atomic E-state index is 12.0. The molecule has 0 spiro atoms. The number of piperazine rings is 1. The summed E-state index contributed by atoms with van der Waals surface area (Å²) in [6, 6.07) is 2.48. The molecule has 100 valence electrons. The number of aromatic nitrogens is 1. The SMILES string of the molecule is CN1CCN(NS(=O)(=O)c2ccc(=O)[nH]c2)CC1. The molecular weight excluding hydrogens is 256 g/mol. The zero-order chi connectivity index (χ0) is 13.2. The van der Waals surface area contributed by atoms with Crippen LogP contribution in [0.5, 0.6) is 0 Å². The molecule has 0 atom stereocenters. The van der Waals surface area contributed by atoms with E-state index < -0.39 is 10.0 Å². The van der Waals surface area contributed by atoms with Gasteiger partial charge < -0.3 is 9.88 Å². The third kappa shape index (κ3) is 3.16. The molecule has 0 aromatic carbocycles. The topological polar surface area (TPSA) is 85.5 Å². The fourth-order valence-electron chi connectivity index (χ4n) is 1.68. The Morgan fingerprint density at radius 2 is 1.89 bits per heavy atom. The maximum absolute atomic E-state index is 12.0. The average Bonchev–Trinajstić information content (AvgIpc) is 2.32. The van der Waals surface area contributed by atoms with Crippen molar-refractivity contribution in [2.45, 2.75) is 4.90 Å². The lowest BCUT2D eigenvalue weighted by Gasteiger charge is -2.32. The minimum absolute atomic E-state index is 0.0565. The van der Waals surface area contributed by atoms with Crippen LogP contribution in [0.2, 0.25) is 0 Å². The molecule has 7 nitrogen and oxygen atoms in total. The second-order valence-electron chi connectivity index (χ2n) is 4.27. The van der Waals surface area contributed by atoms with Crippen molar-refractivity contribution in [2.75, 3.05) is 33.2 Å². The highest BCUT2D eigenvalue weighted by Crippen LogP contribution is 2.06. The van der Waals surface area contributed by atoms with E-state index in [1.807, 2.05) is 7.05 Å². The van der Waals surface area contributed by atoms with Gasteiger partial charge in [0.1, 0.15) is 0 Å². The monoisotopic (exact) mass is 272 g/mol. The van der Waals surface area contributed by atoms with E-state index in [1.165, 1.54) is 18.3 Å². The molecule has 1 aromatic heterocycles. The number of aromatic amines is 1. The van der Waals surface area contributed by atoms with Crippen molar-refractivity contribution in [3.8, 4) is 0 Å². The molecule has 2 N–H and O–H groups in total. The van der Waals surface area contributed by atoms with Crippen molar-refractivity contribution >= 4 is 10.0 Å². The van der Waals surface area contributed by atoms with Crippen LogP contribution in [0.3, 0.4) is 0 Å². The summed E-state index contributed by atoms with van der Waals surface area (Å²) >= 11 is 0. The number of nitrogens with one attached hydrogen (secondary N) is 2. The molecule has 2 heterocycles. The Balaban J connectivity index is 2.08. The predicted octanol–water partition coefficient (Wildman–Crippen LogP) is -1.18. The average molecular weight is 272 g/mol. The van der Waals surface area contributed by atoms with E-state index in [-0.39, 0.29) is 10.5 Å². The molecule has 0 radical (unpaired) electrons. The van der Waals surface area contributed by atoms with Crippen LogP contribution < -0.4 is 10.4 Å². The first kappa shape index (κ1) is 13.2. The van der Waals surface area contributed by atoms with Gasteiger partial charge in [-0.15, -0.1) is 4.83 Å². The first-order chi connectivity index (χ1) is 8.47.